The number of nitrogens with one attached hydrogen (secondary N) is 2. The second kappa shape index (κ2) is 5.61. The van der Waals surface area contributed by atoms with Gasteiger partial charge in [0.25, 0.3) is 0 Å². The molecule has 1 aromatic heterocycles. The number of pyridine rings is 1. The highest BCUT2D eigenvalue weighted by atomic mass is 16.1. The first-order valence-electron chi connectivity index (χ1n) is 5.73. The maximum Gasteiger partial charge on any atom is 0.224 e. The molecule has 4 nitrogen and oxygen atoms in total. The molecule has 0 saturated carbocycles. The molecule has 1 atom stereocenters. The monoisotopic (exact) mass is 219 g/mol. The van der Waals surface area contributed by atoms with Crippen molar-refractivity contribution in [2.24, 2.45) is 0 Å². The van der Waals surface area contributed by atoms with Crippen LogP contribution in [0.4, 0.5) is 0 Å². The van der Waals surface area contributed by atoms with Gasteiger partial charge in [0.2, 0.25) is 5.91 Å². The molecule has 2 N–H and O–H groups in total. The zero-order chi connectivity index (χ0) is 11.2. The lowest BCUT2D eigenvalue weighted by molar-refractivity contribution is -0.121. The molecular formula is C12H17N3O. The highest BCUT2D eigenvalue weighted by Gasteiger charge is 2.15. The predicted molar refractivity (Wildman–Crippen MR) is 62.0 cm³/mol. The maximum absolute atomic E-state index is 11.7. The Balaban J connectivity index is 1.80. The second-order valence-corrected chi connectivity index (χ2v) is 4.15. The van der Waals surface area contributed by atoms with Crippen LogP contribution in [0.3, 0.4) is 0 Å². The van der Waals surface area contributed by atoms with E-state index in [1.54, 1.807) is 12.4 Å². The molecule has 1 fully saturated rings. The molecule has 1 aliphatic heterocycles. The Morgan fingerprint density at radius 3 is 3.25 bits per heavy atom. The molecule has 0 unspecified atom stereocenters. The average Bonchev–Trinajstić information content (AvgIpc) is 2.31. The first-order chi connectivity index (χ1) is 7.84. The molecule has 4 heteroatoms. The summed E-state index contributed by atoms with van der Waals surface area (Å²) in [7, 11) is 0. The van der Waals surface area contributed by atoms with Crippen LogP contribution in [-0.2, 0) is 11.2 Å². The fourth-order valence-electron chi connectivity index (χ4n) is 1.94. The number of nitrogens with zero attached hydrogens (tertiary/aromatic N) is 1. The number of hydrogen-bond donors (Lipinski definition) is 2. The Hall–Kier alpha value is -1.42. The van der Waals surface area contributed by atoms with Crippen LogP contribution >= 0.6 is 0 Å². The summed E-state index contributed by atoms with van der Waals surface area (Å²) < 4.78 is 0. The summed E-state index contributed by atoms with van der Waals surface area (Å²) in [6.07, 6.45) is 6.08. The average molecular weight is 219 g/mol. The summed E-state index contributed by atoms with van der Waals surface area (Å²) in [5.74, 6) is 0.0849. The molecule has 1 aliphatic rings. The smallest absolute Gasteiger partial charge is 0.224 e. The summed E-state index contributed by atoms with van der Waals surface area (Å²) >= 11 is 0. The van der Waals surface area contributed by atoms with E-state index in [1.165, 1.54) is 0 Å². The Bertz CT molecular complexity index is 333. The zero-order valence-electron chi connectivity index (χ0n) is 9.28. The van der Waals surface area contributed by atoms with Crippen molar-refractivity contribution in [1.29, 1.82) is 0 Å². The van der Waals surface area contributed by atoms with Crippen molar-refractivity contribution >= 4 is 5.91 Å². The number of hydrogen-bond acceptors (Lipinski definition) is 3. The van der Waals surface area contributed by atoms with Gasteiger partial charge in [-0.1, -0.05) is 6.07 Å². The molecule has 2 rings (SSSR count). The molecule has 16 heavy (non-hydrogen) atoms. The van der Waals surface area contributed by atoms with Crippen LogP contribution in [0.5, 0.6) is 0 Å². The van der Waals surface area contributed by atoms with E-state index in [0.717, 1.165) is 31.5 Å². The van der Waals surface area contributed by atoms with E-state index in [4.69, 9.17) is 0 Å². The first-order valence-corrected chi connectivity index (χ1v) is 5.73. The van der Waals surface area contributed by atoms with Gasteiger partial charge in [-0.25, -0.2) is 0 Å². The molecule has 0 aromatic carbocycles. The fourth-order valence-corrected chi connectivity index (χ4v) is 1.94. The number of aromatic nitrogens is 1. The molecule has 0 spiro atoms. The van der Waals surface area contributed by atoms with Gasteiger partial charge in [-0.2, -0.15) is 0 Å². The minimum absolute atomic E-state index is 0.0849. The molecule has 0 bridgehead atoms. The van der Waals surface area contributed by atoms with Gasteiger partial charge in [0.15, 0.2) is 0 Å². The lowest BCUT2D eigenvalue weighted by Crippen LogP contribution is -2.46. The molecule has 1 amide bonds. The first kappa shape index (κ1) is 11.1. The van der Waals surface area contributed by atoms with E-state index in [0.29, 0.717) is 6.42 Å². The van der Waals surface area contributed by atoms with Crippen molar-refractivity contribution in [2.45, 2.75) is 25.3 Å². The molecule has 1 aromatic rings. The predicted octanol–water partition coefficient (Wildman–Crippen LogP) is 0.492. The van der Waals surface area contributed by atoms with Crippen molar-refractivity contribution in [1.82, 2.24) is 15.6 Å². The minimum atomic E-state index is 0.0849. The van der Waals surface area contributed by atoms with E-state index in [2.05, 4.69) is 15.6 Å². The van der Waals surface area contributed by atoms with Crippen LogP contribution in [0, 0.1) is 0 Å². The SMILES string of the molecule is O=C(Cc1cccnc1)N[C@H]1CCCNC1. The van der Waals surface area contributed by atoms with Crippen LogP contribution in [0.2, 0.25) is 0 Å². The summed E-state index contributed by atoms with van der Waals surface area (Å²) in [6.45, 7) is 1.95. The number of piperidine rings is 1. The lowest BCUT2D eigenvalue weighted by Gasteiger charge is -2.23. The molecule has 1 saturated heterocycles. The number of amides is 1. The van der Waals surface area contributed by atoms with Crippen LogP contribution in [0.1, 0.15) is 18.4 Å². The van der Waals surface area contributed by atoms with Gasteiger partial charge in [0, 0.05) is 25.0 Å². The van der Waals surface area contributed by atoms with E-state index >= 15 is 0 Å². The van der Waals surface area contributed by atoms with E-state index < -0.39 is 0 Å². The van der Waals surface area contributed by atoms with Gasteiger partial charge >= 0.3 is 0 Å². The number of carbonyl (C=O) groups is 1. The number of rotatable bonds is 3. The molecular weight excluding hydrogens is 202 g/mol. The lowest BCUT2D eigenvalue weighted by atomic mass is 10.1. The van der Waals surface area contributed by atoms with Gasteiger partial charge in [-0.15, -0.1) is 0 Å². The van der Waals surface area contributed by atoms with Gasteiger partial charge in [-0.3, -0.25) is 9.78 Å². The van der Waals surface area contributed by atoms with Gasteiger partial charge in [0.1, 0.15) is 0 Å². The van der Waals surface area contributed by atoms with Crippen molar-refractivity contribution in [3.63, 3.8) is 0 Å². The van der Waals surface area contributed by atoms with E-state index in [-0.39, 0.29) is 11.9 Å². The van der Waals surface area contributed by atoms with Crippen LogP contribution in [0.15, 0.2) is 24.5 Å². The van der Waals surface area contributed by atoms with Gasteiger partial charge in [-0.05, 0) is 31.0 Å². The van der Waals surface area contributed by atoms with E-state index in [9.17, 15) is 4.79 Å². The van der Waals surface area contributed by atoms with Crippen molar-refractivity contribution < 1.29 is 4.79 Å². The summed E-state index contributed by atoms with van der Waals surface area (Å²) in [4.78, 5) is 15.7. The third-order valence-electron chi connectivity index (χ3n) is 2.75. The third kappa shape index (κ3) is 3.31. The quantitative estimate of drug-likeness (QED) is 0.778. The Labute approximate surface area is 95.5 Å². The highest BCUT2D eigenvalue weighted by Crippen LogP contribution is 2.02. The molecule has 0 aliphatic carbocycles. The second-order valence-electron chi connectivity index (χ2n) is 4.15. The highest BCUT2D eigenvalue weighted by molar-refractivity contribution is 5.78. The number of carbonyl (C=O) groups excluding carboxylic acids is 1. The zero-order valence-corrected chi connectivity index (χ0v) is 9.28. The topological polar surface area (TPSA) is 54.0 Å². The standard InChI is InChI=1S/C12H17N3O/c16-12(7-10-3-1-5-13-8-10)15-11-4-2-6-14-9-11/h1,3,5,8,11,14H,2,4,6-7,9H2,(H,15,16)/t11-/m0/s1. The minimum Gasteiger partial charge on any atom is -0.352 e. The van der Waals surface area contributed by atoms with Gasteiger partial charge < -0.3 is 10.6 Å². The Morgan fingerprint density at radius 2 is 2.56 bits per heavy atom. The van der Waals surface area contributed by atoms with Crippen molar-refractivity contribution in [3.8, 4) is 0 Å². The van der Waals surface area contributed by atoms with Crippen molar-refractivity contribution in [2.75, 3.05) is 13.1 Å². The van der Waals surface area contributed by atoms with Crippen LogP contribution in [-0.4, -0.2) is 30.0 Å². The fraction of sp³-hybridized carbons (Fsp3) is 0.500. The molecule has 2 heterocycles. The Kier molecular flexibility index (Phi) is 3.88. The summed E-state index contributed by atoms with van der Waals surface area (Å²) in [5.41, 5.74) is 0.962. The summed E-state index contributed by atoms with van der Waals surface area (Å²) in [5, 5.41) is 6.32. The third-order valence-corrected chi connectivity index (χ3v) is 2.75. The maximum atomic E-state index is 11.7. The van der Waals surface area contributed by atoms with Gasteiger partial charge in [0.05, 0.1) is 6.42 Å². The van der Waals surface area contributed by atoms with Crippen LogP contribution in [0.25, 0.3) is 0 Å². The summed E-state index contributed by atoms with van der Waals surface area (Å²) in [6, 6.07) is 4.06. The largest absolute Gasteiger partial charge is 0.352 e. The molecule has 86 valence electrons. The van der Waals surface area contributed by atoms with Crippen LogP contribution < -0.4 is 10.6 Å². The normalized spacial score (nSPS) is 20.4. The Morgan fingerprint density at radius 1 is 1.62 bits per heavy atom. The molecule has 0 radical (unpaired) electrons. The van der Waals surface area contributed by atoms with E-state index in [1.807, 2.05) is 12.1 Å². The van der Waals surface area contributed by atoms with Crippen molar-refractivity contribution in [3.05, 3.63) is 30.1 Å².